The molecule has 0 saturated carbocycles. The number of rotatable bonds is 3. The second-order valence-electron chi connectivity index (χ2n) is 5.55. The van der Waals surface area contributed by atoms with Gasteiger partial charge >= 0.3 is 0 Å². The second-order valence-corrected chi connectivity index (χ2v) is 5.55. The van der Waals surface area contributed by atoms with Gasteiger partial charge in [0, 0.05) is 31.6 Å². The highest BCUT2D eigenvalue weighted by Gasteiger charge is 2.30. The Morgan fingerprint density at radius 3 is 2.60 bits per heavy atom. The van der Waals surface area contributed by atoms with E-state index in [2.05, 4.69) is 29.2 Å². The molecule has 1 saturated heterocycles. The summed E-state index contributed by atoms with van der Waals surface area (Å²) >= 11 is 0. The van der Waals surface area contributed by atoms with E-state index >= 15 is 0 Å². The van der Waals surface area contributed by atoms with Crippen molar-refractivity contribution in [3.63, 3.8) is 0 Å². The van der Waals surface area contributed by atoms with E-state index in [0.717, 1.165) is 25.2 Å². The van der Waals surface area contributed by atoms with E-state index in [1.54, 1.807) is 6.07 Å². The molecule has 3 N–H and O–H groups in total. The third kappa shape index (κ3) is 2.84. The molecule has 2 atom stereocenters. The van der Waals surface area contributed by atoms with Gasteiger partial charge in [-0.15, -0.1) is 0 Å². The summed E-state index contributed by atoms with van der Waals surface area (Å²) in [6.07, 6.45) is 0. The molecular weight excluding hydrogens is 248 g/mol. The van der Waals surface area contributed by atoms with Gasteiger partial charge in [-0.1, -0.05) is 42.5 Å². The summed E-state index contributed by atoms with van der Waals surface area (Å²) in [6.45, 7) is 2.71. The first-order valence-corrected chi connectivity index (χ1v) is 7.03. The highest BCUT2D eigenvalue weighted by molar-refractivity contribution is 5.28. The molecule has 1 aliphatic rings. The van der Waals surface area contributed by atoms with Gasteiger partial charge in [-0.2, -0.15) is 0 Å². The van der Waals surface area contributed by atoms with Crippen molar-refractivity contribution in [3.8, 4) is 5.75 Å². The van der Waals surface area contributed by atoms with Crippen molar-refractivity contribution in [2.24, 2.45) is 5.73 Å². The molecule has 104 valence electrons. The van der Waals surface area contributed by atoms with Gasteiger partial charge in [0.2, 0.25) is 0 Å². The summed E-state index contributed by atoms with van der Waals surface area (Å²) in [7, 11) is 0. The molecule has 2 aromatic carbocycles. The Morgan fingerprint density at radius 1 is 1.05 bits per heavy atom. The molecule has 0 aromatic heterocycles. The third-order valence-electron chi connectivity index (χ3n) is 3.99. The Bertz CT molecular complexity index is 570. The highest BCUT2D eigenvalue weighted by Crippen LogP contribution is 2.27. The maximum atomic E-state index is 9.53. The van der Waals surface area contributed by atoms with Gasteiger partial charge in [0.05, 0.1) is 0 Å². The Kier molecular flexibility index (Phi) is 3.72. The first-order chi connectivity index (χ1) is 9.72. The number of aromatic hydroxyl groups is 1. The monoisotopic (exact) mass is 268 g/mol. The topological polar surface area (TPSA) is 49.5 Å². The number of benzene rings is 2. The van der Waals surface area contributed by atoms with Crippen LogP contribution in [0.4, 0.5) is 0 Å². The van der Waals surface area contributed by atoms with Crippen LogP contribution in [0.1, 0.15) is 17.0 Å². The normalized spacial score (nSPS) is 23.1. The van der Waals surface area contributed by atoms with Crippen LogP contribution >= 0.6 is 0 Å². The third-order valence-corrected chi connectivity index (χ3v) is 3.99. The van der Waals surface area contributed by atoms with Crippen molar-refractivity contribution in [2.75, 3.05) is 13.1 Å². The fourth-order valence-electron chi connectivity index (χ4n) is 3.01. The average molecular weight is 268 g/mol. The largest absolute Gasteiger partial charge is 0.508 e. The van der Waals surface area contributed by atoms with Crippen LogP contribution in [0.15, 0.2) is 54.6 Å². The number of phenolic OH excluding ortho intramolecular Hbond substituents is 1. The number of phenols is 1. The maximum absolute atomic E-state index is 9.53. The van der Waals surface area contributed by atoms with Crippen LogP contribution in [-0.4, -0.2) is 29.1 Å². The van der Waals surface area contributed by atoms with Gasteiger partial charge in [0.15, 0.2) is 0 Å². The SMILES string of the molecule is N[C@@H]1CN(Cc2cccc(O)c2)C[C@H]1c1ccccc1. The van der Waals surface area contributed by atoms with E-state index in [1.165, 1.54) is 5.56 Å². The van der Waals surface area contributed by atoms with Gasteiger partial charge < -0.3 is 10.8 Å². The summed E-state index contributed by atoms with van der Waals surface area (Å²) in [6, 6.07) is 18.1. The average Bonchev–Trinajstić information content (AvgIpc) is 2.80. The fourth-order valence-corrected chi connectivity index (χ4v) is 3.01. The molecule has 3 rings (SSSR count). The Hall–Kier alpha value is -1.84. The molecule has 0 spiro atoms. The van der Waals surface area contributed by atoms with Gasteiger partial charge in [-0.05, 0) is 23.3 Å². The van der Waals surface area contributed by atoms with E-state index in [9.17, 15) is 5.11 Å². The van der Waals surface area contributed by atoms with Gasteiger partial charge in [-0.3, -0.25) is 4.90 Å². The number of nitrogens with two attached hydrogens (primary N) is 1. The smallest absolute Gasteiger partial charge is 0.115 e. The van der Waals surface area contributed by atoms with Crippen LogP contribution in [0.2, 0.25) is 0 Å². The molecule has 3 heteroatoms. The Labute approximate surface area is 119 Å². The summed E-state index contributed by atoms with van der Waals surface area (Å²) in [4.78, 5) is 2.36. The quantitative estimate of drug-likeness (QED) is 0.898. The predicted molar refractivity (Wildman–Crippen MR) is 80.5 cm³/mol. The zero-order valence-electron chi connectivity index (χ0n) is 11.4. The standard InChI is InChI=1S/C17H20N2O/c18-17-12-19(10-13-5-4-8-15(20)9-13)11-16(17)14-6-2-1-3-7-14/h1-9,16-17,20H,10-12,18H2/t16-,17+/m0/s1. The van der Waals surface area contributed by atoms with Crippen LogP contribution in [0.25, 0.3) is 0 Å². The molecule has 0 aliphatic carbocycles. The van der Waals surface area contributed by atoms with Crippen molar-refractivity contribution in [2.45, 2.75) is 18.5 Å². The van der Waals surface area contributed by atoms with Crippen molar-refractivity contribution in [1.29, 1.82) is 0 Å². The molecule has 20 heavy (non-hydrogen) atoms. The van der Waals surface area contributed by atoms with Crippen LogP contribution in [0, 0.1) is 0 Å². The lowest BCUT2D eigenvalue weighted by molar-refractivity contribution is 0.323. The predicted octanol–water partition coefficient (Wildman–Crippen LogP) is 2.32. The first-order valence-electron chi connectivity index (χ1n) is 7.03. The van der Waals surface area contributed by atoms with Crippen molar-refractivity contribution in [3.05, 3.63) is 65.7 Å². The van der Waals surface area contributed by atoms with Gasteiger partial charge in [-0.25, -0.2) is 0 Å². The summed E-state index contributed by atoms with van der Waals surface area (Å²) in [5, 5.41) is 9.53. The van der Waals surface area contributed by atoms with E-state index in [1.807, 2.05) is 24.3 Å². The van der Waals surface area contributed by atoms with E-state index < -0.39 is 0 Å². The summed E-state index contributed by atoms with van der Waals surface area (Å²) in [5.41, 5.74) is 8.74. The lowest BCUT2D eigenvalue weighted by Crippen LogP contribution is -2.28. The molecule has 0 unspecified atom stereocenters. The number of hydrogen-bond acceptors (Lipinski definition) is 3. The number of likely N-dealkylation sites (tertiary alicyclic amines) is 1. The molecular formula is C17H20N2O. The van der Waals surface area contributed by atoms with Crippen molar-refractivity contribution < 1.29 is 5.11 Å². The molecule has 2 aromatic rings. The number of nitrogens with zero attached hydrogens (tertiary/aromatic N) is 1. The van der Waals surface area contributed by atoms with Crippen molar-refractivity contribution in [1.82, 2.24) is 4.90 Å². The zero-order valence-corrected chi connectivity index (χ0v) is 11.4. The van der Waals surface area contributed by atoms with Crippen LogP contribution in [0.3, 0.4) is 0 Å². The minimum absolute atomic E-state index is 0.176. The lowest BCUT2D eigenvalue weighted by atomic mass is 9.95. The maximum Gasteiger partial charge on any atom is 0.115 e. The van der Waals surface area contributed by atoms with E-state index in [4.69, 9.17) is 5.73 Å². The van der Waals surface area contributed by atoms with Crippen LogP contribution in [-0.2, 0) is 6.54 Å². The lowest BCUT2D eigenvalue weighted by Gasteiger charge is -2.16. The van der Waals surface area contributed by atoms with Crippen molar-refractivity contribution >= 4 is 0 Å². The first kappa shape index (κ1) is 13.2. The second kappa shape index (κ2) is 5.65. The van der Waals surface area contributed by atoms with Gasteiger partial charge in [0.25, 0.3) is 0 Å². The fraction of sp³-hybridized carbons (Fsp3) is 0.294. The molecule has 0 bridgehead atoms. The zero-order chi connectivity index (χ0) is 13.9. The molecule has 1 fully saturated rings. The molecule has 1 aliphatic heterocycles. The molecule has 0 radical (unpaired) electrons. The molecule has 3 nitrogen and oxygen atoms in total. The van der Waals surface area contributed by atoms with E-state index in [-0.39, 0.29) is 6.04 Å². The minimum atomic E-state index is 0.176. The highest BCUT2D eigenvalue weighted by atomic mass is 16.3. The number of hydrogen-bond donors (Lipinski definition) is 2. The summed E-state index contributed by atoms with van der Waals surface area (Å²) in [5.74, 6) is 0.721. The van der Waals surface area contributed by atoms with Crippen LogP contribution in [0.5, 0.6) is 5.75 Å². The minimum Gasteiger partial charge on any atom is -0.508 e. The molecule has 0 amide bonds. The Morgan fingerprint density at radius 2 is 1.85 bits per heavy atom. The van der Waals surface area contributed by atoms with Crippen LogP contribution < -0.4 is 5.73 Å². The van der Waals surface area contributed by atoms with Gasteiger partial charge in [0.1, 0.15) is 5.75 Å². The Balaban J connectivity index is 1.69. The summed E-state index contributed by atoms with van der Waals surface area (Å²) < 4.78 is 0. The van der Waals surface area contributed by atoms with E-state index in [0.29, 0.717) is 11.7 Å². The molecule has 1 heterocycles.